The first-order chi connectivity index (χ1) is 7.19. The van der Waals surface area contributed by atoms with E-state index < -0.39 is 0 Å². The van der Waals surface area contributed by atoms with Crippen molar-refractivity contribution in [3.63, 3.8) is 0 Å². The largest absolute Gasteiger partial charge is 0.310 e. The molecular weight excluding hydrogens is 229 g/mol. The summed E-state index contributed by atoms with van der Waals surface area (Å²) < 4.78 is 0. The molecule has 0 fully saturated rings. The molecule has 84 valence electrons. The molecule has 0 aromatic heterocycles. The number of rotatable bonds is 5. The Labute approximate surface area is 102 Å². The topological polar surface area (TPSA) is 12.0 Å². The van der Waals surface area contributed by atoms with Gasteiger partial charge in [0.05, 0.1) is 0 Å². The van der Waals surface area contributed by atoms with Crippen molar-refractivity contribution in [3.8, 4) is 0 Å². The molecule has 0 aliphatic heterocycles. The first-order valence-corrected chi connectivity index (χ1v) is 6.13. The van der Waals surface area contributed by atoms with Crippen LogP contribution < -0.4 is 5.32 Å². The predicted molar refractivity (Wildman–Crippen MR) is 67.8 cm³/mol. The van der Waals surface area contributed by atoms with E-state index in [9.17, 15) is 0 Å². The predicted octanol–water partition coefficient (Wildman–Crippen LogP) is 4.44. The lowest BCUT2D eigenvalue weighted by Crippen LogP contribution is -2.20. The van der Waals surface area contributed by atoms with Gasteiger partial charge in [0.2, 0.25) is 0 Å². The van der Waals surface area contributed by atoms with E-state index >= 15 is 0 Å². The molecular formula is C12H17Cl2N. The number of hydrogen-bond acceptors (Lipinski definition) is 1. The molecule has 0 saturated heterocycles. The molecule has 1 atom stereocenters. The number of halogens is 2. The third-order valence-corrected chi connectivity index (χ3v) is 2.93. The summed E-state index contributed by atoms with van der Waals surface area (Å²) in [5.74, 6) is 0. The molecule has 0 amide bonds. The van der Waals surface area contributed by atoms with Gasteiger partial charge in [-0.05, 0) is 30.7 Å². The molecule has 0 bridgehead atoms. The van der Waals surface area contributed by atoms with Crippen LogP contribution in [0.4, 0.5) is 0 Å². The van der Waals surface area contributed by atoms with Crippen LogP contribution in [0.3, 0.4) is 0 Å². The van der Waals surface area contributed by atoms with Crippen LogP contribution >= 0.6 is 23.2 Å². The Kier molecular flexibility index (Phi) is 5.44. The minimum Gasteiger partial charge on any atom is -0.310 e. The normalized spacial score (nSPS) is 12.8. The Hall–Kier alpha value is -0.240. The van der Waals surface area contributed by atoms with Gasteiger partial charge in [0.15, 0.2) is 0 Å². The molecule has 0 aliphatic carbocycles. The van der Waals surface area contributed by atoms with Crippen LogP contribution in [0.2, 0.25) is 10.0 Å². The van der Waals surface area contributed by atoms with Crippen molar-refractivity contribution in [2.45, 2.75) is 32.7 Å². The summed E-state index contributed by atoms with van der Waals surface area (Å²) in [4.78, 5) is 0. The van der Waals surface area contributed by atoms with Gasteiger partial charge in [-0.15, -0.1) is 0 Å². The second kappa shape index (κ2) is 6.37. The van der Waals surface area contributed by atoms with Gasteiger partial charge in [-0.1, -0.05) is 49.5 Å². The number of nitrogens with one attached hydrogen (secondary N) is 1. The lowest BCUT2D eigenvalue weighted by atomic mass is 10.0. The lowest BCUT2D eigenvalue weighted by molar-refractivity contribution is 0.509. The fourth-order valence-corrected chi connectivity index (χ4v) is 2.23. The maximum absolute atomic E-state index is 6.17. The quantitative estimate of drug-likeness (QED) is 0.809. The van der Waals surface area contributed by atoms with Crippen molar-refractivity contribution < 1.29 is 0 Å². The molecule has 1 nitrogen and oxygen atoms in total. The van der Waals surface area contributed by atoms with Gasteiger partial charge in [0.1, 0.15) is 0 Å². The summed E-state index contributed by atoms with van der Waals surface area (Å²) in [7, 11) is 0. The summed E-state index contributed by atoms with van der Waals surface area (Å²) >= 11 is 12.0. The van der Waals surface area contributed by atoms with Gasteiger partial charge in [-0.3, -0.25) is 0 Å². The fourth-order valence-electron chi connectivity index (χ4n) is 1.69. The zero-order valence-electron chi connectivity index (χ0n) is 9.19. The summed E-state index contributed by atoms with van der Waals surface area (Å²) in [6.45, 7) is 5.23. The zero-order valence-corrected chi connectivity index (χ0v) is 10.7. The summed E-state index contributed by atoms with van der Waals surface area (Å²) in [6.07, 6.45) is 2.23. The first-order valence-electron chi connectivity index (χ1n) is 5.37. The second-order valence-corrected chi connectivity index (χ2v) is 4.41. The van der Waals surface area contributed by atoms with E-state index in [4.69, 9.17) is 23.2 Å². The van der Waals surface area contributed by atoms with Crippen LogP contribution in [-0.2, 0) is 0 Å². The monoisotopic (exact) mass is 245 g/mol. The van der Waals surface area contributed by atoms with Crippen LogP contribution in [0, 0.1) is 0 Å². The smallest absolute Gasteiger partial charge is 0.0468 e. The Morgan fingerprint density at radius 2 is 2.00 bits per heavy atom. The van der Waals surface area contributed by atoms with Gasteiger partial charge < -0.3 is 5.32 Å². The van der Waals surface area contributed by atoms with Crippen LogP contribution in [0.5, 0.6) is 0 Å². The van der Waals surface area contributed by atoms with Crippen molar-refractivity contribution >= 4 is 23.2 Å². The molecule has 1 aromatic carbocycles. The highest BCUT2D eigenvalue weighted by molar-refractivity contribution is 6.35. The van der Waals surface area contributed by atoms with Gasteiger partial charge in [-0.2, -0.15) is 0 Å². The molecule has 0 radical (unpaired) electrons. The van der Waals surface area contributed by atoms with Crippen molar-refractivity contribution in [2.24, 2.45) is 0 Å². The first kappa shape index (κ1) is 12.8. The fraction of sp³-hybridized carbons (Fsp3) is 0.500. The summed E-state index contributed by atoms with van der Waals surface area (Å²) in [6, 6.07) is 6.04. The molecule has 0 heterocycles. The molecule has 1 N–H and O–H groups in total. The van der Waals surface area contributed by atoms with Crippen LogP contribution in [0.15, 0.2) is 18.2 Å². The standard InChI is InChI=1S/C12H17Cl2N/c1-3-5-12(15-4-2)10-7-6-9(13)8-11(10)14/h6-8,12,15H,3-5H2,1-2H3. The number of hydrogen-bond donors (Lipinski definition) is 1. The van der Waals surface area contributed by atoms with E-state index in [0.29, 0.717) is 11.1 Å². The van der Waals surface area contributed by atoms with Crippen molar-refractivity contribution in [3.05, 3.63) is 33.8 Å². The third kappa shape index (κ3) is 3.67. The van der Waals surface area contributed by atoms with Crippen molar-refractivity contribution in [2.75, 3.05) is 6.54 Å². The molecule has 15 heavy (non-hydrogen) atoms. The average Bonchev–Trinajstić information content (AvgIpc) is 2.17. The van der Waals surface area contributed by atoms with Crippen molar-refractivity contribution in [1.29, 1.82) is 0 Å². The molecule has 0 saturated carbocycles. The van der Waals surface area contributed by atoms with Gasteiger partial charge in [0.25, 0.3) is 0 Å². The third-order valence-electron chi connectivity index (χ3n) is 2.37. The summed E-state index contributed by atoms with van der Waals surface area (Å²) in [5.41, 5.74) is 1.14. The SMILES string of the molecule is CCCC(NCC)c1ccc(Cl)cc1Cl. The van der Waals surface area contributed by atoms with E-state index in [1.54, 1.807) is 6.07 Å². The van der Waals surface area contributed by atoms with Crippen LogP contribution in [0.1, 0.15) is 38.3 Å². The van der Waals surface area contributed by atoms with Gasteiger partial charge in [0, 0.05) is 16.1 Å². The van der Waals surface area contributed by atoms with E-state index in [2.05, 4.69) is 19.2 Å². The molecule has 1 unspecified atom stereocenters. The Balaban J connectivity index is 2.89. The minimum absolute atomic E-state index is 0.338. The Bertz CT molecular complexity index is 306. The second-order valence-electron chi connectivity index (χ2n) is 3.56. The average molecular weight is 246 g/mol. The van der Waals surface area contributed by atoms with Crippen molar-refractivity contribution in [1.82, 2.24) is 5.32 Å². The van der Waals surface area contributed by atoms with Gasteiger partial charge in [-0.25, -0.2) is 0 Å². The van der Waals surface area contributed by atoms with E-state index in [-0.39, 0.29) is 0 Å². The maximum atomic E-state index is 6.17. The summed E-state index contributed by atoms with van der Waals surface area (Å²) in [5, 5.41) is 4.87. The number of benzene rings is 1. The highest BCUT2D eigenvalue weighted by atomic mass is 35.5. The molecule has 1 rings (SSSR count). The molecule has 0 aliphatic rings. The minimum atomic E-state index is 0.338. The lowest BCUT2D eigenvalue weighted by Gasteiger charge is -2.18. The molecule has 1 aromatic rings. The molecule has 3 heteroatoms. The maximum Gasteiger partial charge on any atom is 0.0468 e. The van der Waals surface area contributed by atoms with Crippen LogP contribution in [-0.4, -0.2) is 6.54 Å². The van der Waals surface area contributed by atoms with Crippen LogP contribution in [0.25, 0.3) is 0 Å². The Morgan fingerprint density at radius 3 is 2.53 bits per heavy atom. The highest BCUT2D eigenvalue weighted by Crippen LogP contribution is 2.28. The van der Waals surface area contributed by atoms with E-state index in [1.165, 1.54) is 0 Å². The van der Waals surface area contributed by atoms with E-state index in [0.717, 1.165) is 30.0 Å². The Morgan fingerprint density at radius 1 is 1.27 bits per heavy atom. The zero-order chi connectivity index (χ0) is 11.3. The molecule has 0 spiro atoms. The van der Waals surface area contributed by atoms with Gasteiger partial charge >= 0.3 is 0 Å². The highest BCUT2D eigenvalue weighted by Gasteiger charge is 2.12. The van der Waals surface area contributed by atoms with E-state index in [1.807, 2.05) is 12.1 Å².